The lowest BCUT2D eigenvalue weighted by atomic mass is 9.97. The lowest BCUT2D eigenvalue weighted by Gasteiger charge is -2.33. The number of hydrogen-bond donors (Lipinski definition) is 1. The number of carbonyl (C=O) groups is 1. The van der Waals surface area contributed by atoms with E-state index in [1.165, 1.54) is 12.4 Å². The van der Waals surface area contributed by atoms with Gasteiger partial charge in [-0.3, -0.25) is 14.4 Å². The fourth-order valence-corrected chi connectivity index (χ4v) is 2.74. The van der Waals surface area contributed by atoms with Crippen LogP contribution in [0.5, 0.6) is 0 Å². The smallest absolute Gasteiger partial charge is 0.319 e. The average Bonchev–Trinajstić information content (AvgIpc) is 3.05. The number of aliphatic imine (C=N–C) groups is 1. The number of carbonyl (C=O) groups excluding carboxylic acids is 1. The van der Waals surface area contributed by atoms with Crippen LogP contribution in [0.3, 0.4) is 0 Å². The number of ether oxygens (including phenoxy) is 1. The number of rotatable bonds is 5. The van der Waals surface area contributed by atoms with Crippen LogP contribution in [0.2, 0.25) is 0 Å². The second kappa shape index (κ2) is 8.60. The van der Waals surface area contributed by atoms with Crippen molar-refractivity contribution in [3.8, 4) is 0 Å². The number of hydrogen-bond acceptors (Lipinski definition) is 4. The van der Waals surface area contributed by atoms with Gasteiger partial charge in [0.15, 0.2) is 5.96 Å². The van der Waals surface area contributed by atoms with Crippen LogP contribution in [-0.4, -0.2) is 53.1 Å². The van der Waals surface area contributed by atoms with E-state index < -0.39 is 6.55 Å². The Balaban J connectivity index is 1.87. The molecular weight excluding hydrogens is 320 g/mol. The highest BCUT2D eigenvalue weighted by molar-refractivity contribution is 5.80. The lowest BCUT2D eigenvalue weighted by Crippen LogP contribution is -2.46. The molecule has 0 unspecified atom stereocenters. The number of alkyl halides is 2. The first-order valence-electron chi connectivity index (χ1n) is 7.98. The van der Waals surface area contributed by atoms with Crippen molar-refractivity contribution in [2.24, 2.45) is 10.9 Å². The Kier molecular flexibility index (Phi) is 6.51. The maximum Gasteiger partial charge on any atom is 0.319 e. The van der Waals surface area contributed by atoms with Crippen molar-refractivity contribution in [3.63, 3.8) is 0 Å². The van der Waals surface area contributed by atoms with Crippen molar-refractivity contribution in [2.75, 3.05) is 26.7 Å². The van der Waals surface area contributed by atoms with E-state index in [9.17, 15) is 13.6 Å². The highest BCUT2D eigenvalue weighted by Gasteiger charge is 2.27. The van der Waals surface area contributed by atoms with Gasteiger partial charge >= 0.3 is 12.5 Å². The van der Waals surface area contributed by atoms with Crippen molar-refractivity contribution >= 4 is 11.9 Å². The zero-order valence-electron chi connectivity index (χ0n) is 13.9. The highest BCUT2D eigenvalue weighted by atomic mass is 19.3. The molecule has 2 heterocycles. The summed E-state index contributed by atoms with van der Waals surface area (Å²) in [6, 6.07) is 0. The Morgan fingerprint density at radius 2 is 2.21 bits per heavy atom. The minimum atomic E-state index is -2.62. The first-order chi connectivity index (χ1) is 11.6. The molecule has 134 valence electrons. The van der Waals surface area contributed by atoms with Gasteiger partial charge in [-0.15, -0.1) is 0 Å². The van der Waals surface area contributed by atoms with E-state index in [-0.39, 0.29) is 24.3 Å². The zero-order chi connectivity index (χ0) is 17.5. The summed E-state index contributed by atoms with van der Waals surface area (Å²) in [5.74, 6) is 0.616. The topological polar surface area (TPSA) is 71.8 Å². The number of guanidine groups is 1. The molecule has 0 amide bonds. The Morgan fingerprint density at radius 3 is 2.79 bits per heavy atom. The van der Waals surface area contributed by atoms with E-state index in [0.717, 1.165) is 4.57 Å². The van der Waals surface area contributed by atoms with Crippen LogP contribution in [0.15, 0.2) is 17.4 Å². The van der Waals surface area contributed by atoms with Gasteiger partial charge in [0.25, 0.3) is 0 Å². The van der Waals surface area contributed by atoms with E-state index in [2.05, 4.69) is 15.3 Å². The molecule has 1 aromatic rings. The molecule has 0 aliphatic carbocycles. The van der Waals surface area contributed by atoms with Crippen LogP contribution in [0, 0.1) is 5.92 Å². The molecule has 0 aromatic carbocycles. The minimum absolute atomic E-state index is 0.0861. The molecule has 0 radical (unpaired) electrons. The summed E-state index contributed by atoms with van der Waals surface area (Å²) in [5, 5.41) is 3.05. The monoisotopic (exact) mass is 343 g/mol. The van der Waals surface area contributed by atoms with Gasteiger partial charge < -0.3 is 15.0 Å². The molecule has 1 N–H and O–H groups in total. The second-order valence-corrected chi connectivity index (χ2v) is 5.44. The number of likely N-dealkylation sites (tertiary alicyclic amines) is 1. The van der Waals surface area contributed by atoms with Gasteiger partial charge in [-0.25, -0.2) is 4.98 Å². The van der Waals surface area contributed by atoms with Crippen LogP contribution in [0.25, 0.3) is 0 Å². The van der Waals surface area contributed by atoms with Crippen molar-refractivity contribution in [1.29, 1.82) is 0 Å². The molecule has 0 bridgehead atoms. The Morgan fingerprint density at radius 1 is 1.50 bits per heavy atom. The SMILES string of the molecule is CCOC(=O)C1CCN(C(=NC)NCc2nccn2C(F)F)CC1. The molecule has 0 atom stereocenters. The fourth-order valence-electron chi connectivity index (χ4n) is 2.74. The maximum absolute atomic E-state index is 12.8. The summed E-state index contributed by atoms with van der Waals surface area (Å²) in [4.78, 5) is 21.9. The first kappa shape index (κ1) is 18.2. The minimum Gasteiger partial charge on any atom is -0.466 e. The van der Waals surface area contributed by atoms with Gasteiger partial charge in [-0.05, 0) is 19.8 Å². The number of nitrogens with one attached hydrogen (secondary N) is 1. The molecular formula is C15H23F2N5O2. The van der Waals surface area contributed by atoms with Crippen LogP contribution >= 0.6 is 0 Å². The molecule has 24 heavy (non-hydrogen) atoms. The summed E-state index contributed by atoms with van der Waals surface area (Å²) < 4.78 is 31.5. The lowest BCUT2D eigenvalue weighted by molar-refractivity contribution is -0.149. The van der Waals surface area contributed by atoms with Crippen molar-refractivity contribution in [2.45, 2.75) is 32.9 Å². The van der Waals surface area contributed by atoms with E-state index in [0.29, 0.717) is 38.5 Å². The molecule has 0 saturated carbocycles. The summed E-state index contributed by atoms with van der Waals surface area (Å²) in [5.41, 5.74) is 0. The zero-order valence-corrected chi connectivity index (χ0v) is 13.9. The van der Waals surface area contributed by atoms with E-state index in [4.69, 9.17) is 4.74 Å². The Hall–Kier alpha value is -2.19. The van der Waals surface area contributed by atoms with Crippen molar-refractivity contribution in [1.82, 2.24) is 19.8 Å². The largest absolute Gasteiger partial charge is 0.466 e. The van der Waals surface area contributed by atoms with Crippen LogP contribution in [0.1, 0.15) is 32.1 Å². The second-order valence-electron chi connectivity index (χ2n) is 5.44. The number of imidazole rings is 1. The summed E-state index contributed by atoms with van der Waals surface area (Å²) in [6.45, 7) is 1.04. The predicted molar refractivity (Wildman–Crippen MR) is 84.6 cm³/mol. The quantitative estimate of drug-likeness (QED) is 0.500. The highest BCUT2D eigenvalue weighted by Crippen LogP contribution is 2.19. The molecule has 7 nitrogen and oxygen atoms in total. The molecule has 2 rings (SSSR count). The number of halogens is 2. The maximum atomic E-state index is 12.8. The third-order valence-corrected chi connectivity index (χ3v) is 3.99. The molecule has 1 aliphatic heterocycles. The predicted octanol–water partition coefficient (Wildman–Crippen LogP) is 1.63. The summed E-state index contributed by atoms with van der Waals surface area (Å²) in [6.07, 6.45) is 3.96. The Bertz CT molecular complexity index is 568. The van der Waals surface area contributed by atoms with Gasteiger partial charge in [-0.1, -0.05) is 0 Å². The van der Waals surface area contributed by atoms with Gasteiger partial charge in [0.05, 0.1) is 19.1 Å². The summed E-state index contributed by atoms with van der Waals surface area (Å²) >= 11 is 0. The molecule has 9 heteroatoms. The number of piperidine rings is 1. The number of esters is 1. The van der Waals surface area contributed by atoms with E-state index >= 15 is 0 Å². The van der Waals surface area contributed by atoms with Crippen LogP contribution < -0.4 is 5.32 Å². The summed E-state index contributed by atoms with van der Waals surface area (Å²) in [7, 11) is 1.64. The van der Waals surface area contributed by atoms with Gasteiger partial charge in [0, 0.05) is 32.5 Å². The number of aromatic nitrogens is 2. The van der Waals surface area contributed by atoms with Crippen molar-refractivity contribution in [3.05, 3.63) is 18.2 Å². The van der Waals surface area contributed by atoms with Crippen LogP contribution in [0.4, 0.5) is 8.78 Å². The van der Waals surface area contributed by atoms with Gasteiger partial charge in [0.1, 0.15) is 5.82 Å². The molecule has 0 spiro atoms. The first-order valence-corrected chi connectivity index (χ1v) is 7.98. The Labute approximate surface area is 139 Å². The molecule has 1 fully saturated rings. The van der Waals surface area contributed by atoms with E-state index in [1.807, 2.05) is 4.90 Å². The average molecular weight is 343 g/mol. The number of nitrogens with zero attached hydrogens (tertiary/aromatic N) is 4. The standard InChI is InChI=1S/C15H23F2N5O2/c1-3-24-13(23)11-4-7-21(8-5-11)15(18-2)20-10-12-19-6-9-22(12)14(16)17/h6,9,11,14H,3-5,7-8,10H2,1-2H3,(H,18,20). The third-order valence-electron chi connectivity index (χ3n) is 3.99. The molecule has 1 aliphatic rings. The molecule has 1 aromatic heterocycles. The fraction of sp³-hybridized carbons (Fsp3) is 0.667. The van der Waals surface area contributed by atoms with E-state index in [1.54, 1.807) is 14.0 Å². The van der Waals surface area contributed by atoms with Crippen molar-refractivity contribution < 1.29 is 18.3 Å². The molecule has 1 saturated heterocycles. The third kappa shape index (κ3) is 4.42. The van der Waals surface area contributed by atoms with Gasteiger partial charge in [0.2, 0.25) is 0 Å². The van der Waals surface area contributed by atoms with Gasteiger partial charge in [-0.2, -0.15) is 8.78 Å². The van der Waals surface area contributed by atoms with Crippen LogP contribution in [-0.2, 0) is 16.1 Å². The normalized spacial score (nSPS) is 16.5.